The van der Waals surface area contributed by atoms with Crippen molar-refractivity contribution in [1.29, 1.82) is 0 Å². The van der Waals surface area contributed by atoms with Crippen LogP contribution in [0.5, 0.6) is 11.5 Å². The summed E-state index contributed by atoms with van der Waals surface area (Å²) >= 11 is 0. The van der Waals surface area contributed by atoms with Crippen molar-refractivity contribution >= 4 is 23.3 Å². The van der Waals surface area contributed by atoms with Gasteiger partial charge in [-0.3, -0.25) is 9.78 Å². The molecule has 0 aliphatic rings. The fourth-order valence-electron chi connectivity index (χ4n) is 3.20. The summed E-state index contributed by atoms with van der Waals surface area (Å²) in [6.45, 7) is 1.95. The van der Waals surface area contributed by atoms with Gasteiger partial charge in [-0.25, -0.2) is 4.98 Å². The van der Waals surface area contributed by atoms with E-state index in [1.54, 1.807) is 36.8 Å². The van der Waals surface area contributed by atoms with Gasteiger partial charge in [0.25, 0.3) is 11.9 Å². The van der Waals surface area contributed by atoms with E-state index in [1.807, 2.05) is 37.3 Å². The quantitative estimate of drug-likeness (QED) is 0.423. The van der Waals surface area contributed by atoms with Gasteiger partial charge < -0.3 is 24.5 Å². The molecule has 2 aromatic carbocycles. The molecule has 0 saturated heterocycles. The zero-order valence-corrected chi connectivity index (χ0v) is 17.9. The second-order valence-electron chi connectivity index (χ2n) is 6.92. The Morgan fingerprint density at radius 1 is 1.03 bits per heavy atom. The maximum absolute atomic E-state index is 12.9. The number of para-hydroxylation sites is 1. The van der Waals surface area contributed by atoms with Gasteiger partial charge >= 0.3 is 0 Å². The van der Waals surface area contributed by atoms with E-state index < -0.39 is 0 Å². The molecule has 1 amide bonds. The molecule has 0 bridgehead atoms. The molecule has 0 aliphatic carbocycles. The van der Waals surface area contributed by atoms with Gasteiger partial charge in [0.15, 0.2) is 17.3 Å². The largest absolute Gasteiger partial charge is 0.493 e. The predicted molar refractivity (Wildman–Crippen MR) is 122 cm³/mol. The summed E-state index contributed by atoms with van der Waals surface area (Å²) in [7, 11) is 3.03. The molecule has 2 aromatic heterocycles. The highest BCUT2D eigenvalue weighted by Gasteiger charge is 2.17. The lowest BCUT2D eigenvalue weighted by Gasteiger charge is -2.14. The monoisotopic (exact) mass is 430 g/mol. The molecule has 162 valence electrons. The average molecular weight is 430 g/mol. The summed E-state index contributed by atoms with van der Waals surface area (Å²) in [5.74, 6) is 1.18. The molecule has 0 atom stereocenters. The van der Waals surface area contributed by atoms with Crippen molar-refractivity contribution in [3.05, 3.63) is 78.2 Å². The van der Waals surface area contributed by atoms with Crippen molar-refractivity contribution in [1.82, 2.24) is 9.97 Å². The molecular weight excluding hydrogens is 408 g/mol. The number of nitrogens with one attached hydrogen (secondary N) is 2. The Balaban J connectivity index is 1.54. The van der Waals surface area contributed by atoms with Crippen molar-refractivity contribution < 1.29 is 18.7 Å². The lowest BCUT2D eigenvalue weighted by Crippen LogP contribution is -2.14. The number of benzene rings is 2. The second-order valence-corrected chi connectivity index (χ2v) is 6.92. The Labute approximate surface area is 185 Å². The average Bonchev–Trinajstić information content (AvgIpc) is 3.29. The molecule has 4 aromatic rings. The fraction of sp³-hybridized carbons (Fsp3) is 0.125. The summed E-state index contributed by atoms with van der Waals surface area (Å²) in [5.41, 5.74) is 3.57. The number of hydrogen-bond donors (Lipinski definition) is 2. The second kappa shape index (κ2) is 9.22. The molecular formula is C24H22N4O4. The van der Waals surface area contributed by atoms with Crippen LogP contribution in [-0.4, -0.2) is 30.1 Å². The van der Waals surface area contributed by atoms with Gasteiger partial charge in [0, 0.05) is 29.3 Å². The number of amides is 1. The van der Waals surface area contributed by atoms with Crippen LogP contribution in [0.25, 0.3) is 11.3 Å². The maximum Gasteiger partial charge on any atom is 0.299 e. The molecule has 2 N–H and O–H groups in total. The third kappa shape index (κ3) is 4.39. The van der Waals surface area contributed by atoms with E-state index in [2.05, 4.69) is 20.6 Å². The number of pyridine rings is 1. The summed E-state index contributed by atoms with van der Waals surface area (Å²) < 4.78 is 16.4. The topological polar surface area (TPSA) is 98.5 Å². The Hall–Kier alpha value is -4.33. The molecule has 0 radical (unpaired) electrons. The SMILES string of the molecule is COc1cccc(C(=O)Nc2ccc(C)c(Nc3ncc(-c4ccncc4)o3)c2)c1OC. The van der Waals surface area contributed by atoms with Gasteiger partial charge in [-0.2, -0.15) is 0 Å². The van der Waals surface area contributed by atoms with E-state index in [9.17, 15) is 4.79 Å². The number of aryl methyl sites for hydroxylation is 1. The molecule has 0 spiro atoms. The number of nitrogens with zero attached hydrogens (tertiary/aromatic N) is 2. The van der Waals surface area contributed by atoms with Crippen LogP contribution in [-0.2, 0) is 0 Å². The number of oxazole rings is 1. The molecule has 0 unspecified atom stereocenters. The van der Waals surface area contributed by atoms with E-state index in [4.69, 9.17) is 13.9 Å². The number of carbonyl (C=O) groups excluding carboxylic acids is 1. The molecule has 0 fully saturated rings. The number of methoxy groups -OCH3 is 2. The number of rotatable bonds is 7. The summed E-state index contributed by atoms with van der Waals surface area (Å²) in [5, 5.41) is 6.06. The first kappa shape index (κ1) is 20.9. The smallest absolute Gasteiger partial charge is 0.299 e. The fourth-order valence-corrected chi connectivity index (χ4v) is 3.20. The minimum absolute atomic E-state index is 0.313. The van der Waals surface area contributed by atoms with Crippen LogP contribution in [0, 0.1) is 6.92 Å². The third-order valence-electron chi connectivity index (χ3n) is 4.86. The lowest BCUT2D eigenvalue weighted by molar-refractivity contribution is 0.102. The molecule has 8 nitrogen and oxygen atoms in total. The van der Waals surface area contributed by atoms with E-state index in [1.165, 1.54) is 14.2 Å². The highest BCUT2D eigenvalue weighted by Crippen LogP contribution is 2.32. The summed E-state index contributed by atoms with van der Waals surface area (Å²) in [6.07, 6.45) is 5.03. The van der Waals surface area contributed by atoms with Crippen LogP contribution in [0.3, 0.4) is 0 Å². The number of anilines is 3. The lowest BCUT2D eigenvalue weighted by atomic mass is 10.1. The maximum atomic E-state index is 12.9. The van der Waals surface area contributed by atoms with E-state index in [-0.39, 0.29) is 5.91 Å². The van der Waals surface area contributed by atoms with Crippen molar-refractivity contribution in [2.24, 2.45) is 0 Å². The van der Waals surface area contributed by atoms with Gasteiger partial charge in [-0.15, -0.1) is 0 Å². The molecule has 32 heavy (non-hydrogen) atoms. The van der Waals surface area contributed by atoms with E-state index >= 15 is 0 Å². The Morgan fingerprint density at radius 3 is 2.59 bits per heavy atom. The van der Waals surface area contributed by atoms with Crippen molar-refractivity contribution in [2.75, 3.05) is 24.9 Å². The Bertz CT molecular complexity index is 1240. The van der Waals surface area contributed by atoms with E-state index in [0.717, 1.165) is 16.8 Å². The van der Waals surface area contributed by atoms with Gasteiger partial charge in [0.2, 0.25) is 0 Å². The van der Waals surface area contributed by atoms with Gasteiger partial charge in [-0.1, -0.05) is 12.1 Å². The van der Waals surface area contributed by atoms with Crippen molar-refractivity contribution in [3.8, 4) is 22.8 Å². The van der Waals surface area contributed by atoms with Crippen LogP contribution in [0.2, 0.25) is 0 Å². The first-order chi connectivity index (χ1) is 15.6. The van der Waals surface area contributed by atoms with Crippen LogP contribution >= 0.6 is 0 Å². The molecule has 4 rings (SSSR count). The number of aromatic nitrogens is 2. The predicted octanol–water partition coefficient (Wildman–Crippen LogP) is 5.06. The van der Waals surface area contributed by atoms with Crippen molar-refractivity contribution in [3.63, 3.8) is 0 Å². The summed E-state index contributed by atoms with van der Waals surface area (Å²) in [6, 6.07) is 14.7. The van der Waals surface area contributed by atoms with Gasteiger partial charge in [0.1, 0.15) is 0 Å². The zero-order chi connectivity index (χ0) is 22.5. The van der Waals surface area contributed by atoms with Crippen LogP contribution < -0.4 is 20.1 Å². The Morgan fingerprint density at radius 2 is 1.84 bits per heavy atom. The van der Waals surface area contributed by atoms with Gasteiger partial charge in [-0.05, 0) is 48.9 Å². The first-order valence-electron chi connectivity index (χ1n) is 9.85. The zero-order valence-electron chi connectivity index (χ0n) is 17.9. The van der Waals surface area contributed by atoms with Crippen LogP contribution in [0.1, 0.15) is 15.9 Å². The minimum atomic E-state index is -0.313. The number of carbonyl (C=O) groups is 1. The first-order valence-corrected chi connectivity index (χ1v) is 9.85. The molecule has 0 saturated carbocycles. The highest BCUT2D eigenvalue weighted by atomic mass is 16.5. The molecule has 2 heterocycles. The van der Waals surface area contributed by atoms with Crippen LogP contribution in [0.4, 0.5) is 17.4 Å². The number of hydrogen-bond acceptors (Lipinski definition) is 7. The summed E-state index contributed by atoms with van der Waals surface area (Å²) in [4.78, 5) is 21.2. The highest BCUT2D eigenvalue weighted by molar-refractivity contribution is 6.07. The van der Waals surface area contributed by atoms with Crippen molar-refractivity contribution in [2.45, 2.75) is 6.92 Å². The molecule has 8 heteroatoms. The number of ether oxygens (including phenoxy) is 2. The van der Waals surface area contributed by atoms with E-state index in [0.29, 0.717) is 34.5 Å². The third-order valence-corrected chi connectivity index (χ3v) is 4.86. The van der Waals surface area contributed by atoms with Crippen LogP contribution in [0.15, 0.2) is 71.5 Å². The minimum Gasteiger partial charge on any atom is -0.493 e. The standard InChI is InChI=1S/C24H22N4O4/c1-15-7-8-17(27-23(29)18-5-4-6-20(30-2)22(18)31-3)13-19(15)28-24-26-14-21(32-24)16-9-11-25-12-10-16/h4-14H,1-3H3,(H,26,28)(H,27,29). The Kier molecular flexibility index (Phi) is 6.03. The van der Waals surface area contributed by atoms with Gasteiger partial charge in [0.05, 0.1) is 26.0 Å². The molecule has 0 aliphatic heterocycles. The normalized spacial score (nSPS) is 10.5.